The third-order valence-corrected chi connectivity index (χ3v) is 1.39. The van der Waals surface area contributed by atoms with Crippen LogP contribution in [0.2, 0.25) is 0 Å². The minimum absolute atomic E-state index is 0.0482. The Hall–Kier alpha value is -1.49. The van der Waals surface area contributed by atoms with E-state index < -0.39 is 0 Å². The van der Waals surface area contributed by atoms with E-state index in [0.29, 0.717) is 5.69 Å². The Bertz CT molecular complexity index is 287. The first-order chi connectivity index (χ1) is 6.68. The lowest BCUT2D eigenvalue weighted by molar-refractivity contribution is -0.121. The molecular weight excluding hydrogens is 182 g/mol. The average Bonchev–Trinajstić information content (AvgIpc) is 2.16. The second kappa shape index (κ2) is 5.29. The molecule has 1 N–H and O–H groups in total. The van der Waals surface area contributed by atoms with Crippen LogP contribution in [0.5, 0.6) is 0 Å². The number of ether oxygens (including phenoxy) is 1. The smallest absolute Gasteiger partial charge is 0.250 e. The topological polar surface area (TPSA) is 64.1 Å². The van der Waals surface area contributed by atoms with Crippen LogP contribution in [-0.4, -0.2) is 28.6 Å². The molecule has 76 valence electrons. The maximum absolute atomic E-state index is 11.2. The fourth-order valence-corrected chi connectivity index (χ4v) is 0.803. The fourth-order valence-electron chi connectivity index (χ4n) is 0.803. The molecule has 5 heteroatoms. The van der Waals surface area contributed by atoms with Crippen molar-refractivity contribution in [3.63, 3.8) is 0 Å². The summed E-state index contributed by atoms with van der Waals surface area (Å²) in [5, 5.41) is 2.61. The van der Waals surface area contributed by atoms with Crippen molar-refractivity contribution in [3.05, 3.63) is 18.7 Å². The zero-order valence-electron chi connectivity index (χ0n) is 8.23. The normalized spacial score (nSPS) is 10.2. The Morgan fingerprint density at radius 3 is 2.71 bits per heavy atom. The molecule has 0 atom stereocenters. The van der Waals surface area contributed by atoms with Crippen molar-refractivity contribution in [2.45, 2.75) is 20.0 Å². The first kappa shape index (κ1) is 10.6. The van der Waals surface area contributed by atoms with Crippen molar-refractivity contribution >= 4 is 11.6 Å². The highest BCUT2D eigenvalue weighted by atomic mass is 16.5. The highest BCUT2D eigenvalue weighted by Crippen LogP contribution is 2.00. The average molecular weight is 195 g/mol. The van der Waals surface area contributed by atoms with Crippen molar-refractivity contribution in [3.8, 4) is 0 Å². The molecule has 5 nitrogen and oxygen atoms in total. The molecule has 0 fully saturated rings. The second-order valence-electron chi connectivity index (χ2n) is 3.04. The van der Waals surface area contributed by atoms with Gasteiger partial charge in [0.1, 0.15) is 12.9 Å². The van der Waals surface area contributed by atoms with Crippen LogP contribution in [0.25, 0.3) is 0 Å². The summed E-state index contributed by atoms with van der Waals surface area (Å²) in [6, 6.07) is 0. The minimum atomic E-state index is -0.200. The summed E-state index contributed by atoms with van der Waals surface area (Å²) in [7, 11) is 0. The predicted octanol–water partition coefficient (Wildman–Crippen LogP) is 0.840. The summed E-state index contributed by atoms with van der Waals surface area (Å²) in [6.07, 6.45) is 4.51. The number of rotatable bonds is 4. The lowest BCUT2D eigenvalue weighted by Crippen LogP contribution is -2.20. The van der Waals surface area contributed by atoms with Crippen LogP contribution in [0.4, 0.5) is 5.69 Å². The number of anilines is 1. The summed E-state index contributed by atoms with van der Waals surface area (Å²) >= 11 is 0. The molecule has 0 saturated carbocycles. The first-order valence-corrected chi connectivity index (χ1v) is 4.35. The van der Waals surface area contributed by atoms with E-state index in [1.165, 1.54) is 18.7 Å². The van der Waals surface area contributed by atoms with Crippen LogP contribution in [0.15, 0.2) is 18.7 Å². The molecule has 0 aliphatic rings. The second-order valence-corrected chi connectivity index (χ2v) is 3.04. The number of amides is 1. The van der Waals surface area contributed by atoms with Crippen molar-refractivity contribution in [2.24, 2.45) is 0 Å². The maximum Gasteiger partial charge on any atom is 0.250 e. The Labute approximate surface area is 82.5 Å². The Morgan fingerprint density at radius 1 is 1.50 bits per heavy atom. The zero-order valence-corrected chi connectivity index (χ0v) is 8.23. The van der Waals surface area contributed by atoms with Gasteiger partial charge in [-0.3, -0.25) is 4.79 Å². The van der Waals surface area contributed by atoms with E-state index in [-0.39, 0.29) is 18.6 Å². The summed E-state index contributed by atoms with van der Waals surface area (Å²) in [4.78, 5) is 18.8. The third kappa shape index (κ3) is 3.95. The van der Waals surface area contributed by atoms with Crippen LogP contribution in [-0.2, 0) is 9.53 Å². The SMILES string of the molecule is CC(C)OCC(=O)Nc1cncnc1. The van der Waals surface area contributed by atoms with Gasteiger partial charge in [-0.1, -0.05) is 0 Å². The Kier molecular flexibility index (Phi) is 4.00. The largest absolute Gasteiger partial charge is 0.369 e. The highest BCUT2D eigenvalue weighted by Gasteiger charge is 2.03. The van der Waals surface area contributed by atoms with Crippen LogP contribution in [0.3, 0.4) is 0 Å². The van der Waals surface area contributed by atoms with E-state index in [4.69, 9.17) is 4.74 Å². The quantitative estimate of drug-likeness (QED) is 0.773. The van der Waals surface area contributed by atoms with E-state index in [0.717, 1.165) is 0 Å². The van der Waals surface area contributed by atoms with Crippen molar-refractivity contribution in [1.29, 1.82) is 0 Å². The van der Waals surface area contributed by atoms with Gasteiger partial charge in [0.05, 0.1) is 24.2 Å². The van der Waals surface area contributed by atoms with Gasteiger partial charge in [-0.25, -0.2) is 9.97 Å². The van der Waals surface area contributed by atoms with Crippen LogP contribution >= 0.6 is 0 Å². The molecule has 0 bridgehead atoms. The third-order valence-electron chi connectivity index (χ3n) is 1.39. The number of nitrogens with zero attached hydrogens (tertiary/aromatic N) is 2. The molecule has 0 aliphatic carbocycles. The molecule has 1 heterocycles. The van der Waals surface area contributed by atoms with E-state index in [2.05, 4.69) is 15.3 Å². The molecule has 0 radical (unpaired) electrons. The van der Waals surface area contributed by atoms with Crippen LogP contribution < -0.4 is 5.32 Å². The van der Waals surface area contributed by atoms with Gasteiger partial charge < -0.3 is 10.1 Å². The van der Waals surface area contributed by atoms with Crippen molar-refractivity contribution in [1.82, 2.24) is 9.97 Å². The van der Waals surface area contributed by atoms with Gasteiger partial charge in [-0.05, 0) is 13.8 Å². The lowest BCUT2D eigenvalue weighted by atomic mass is 10.4. The molecule has 0 spiro atoms. The molecule has 1 aromatic rings. The number of carbonyl (C=O) groups excluding carboxylic acids is 1. The highest BCUT2D eigenvalue weighted by molar-refractivity contribution is 5.91. The first-order valence-electron chi connectivity index (χ1n) is 4.35. The van der Waals surface area contributed by atoms with E-state index in [1.807, 2.05) is 13.8 Å². The Morgan fingerprint density at radius 2 is 2.14 bits per heavy atom. The molecule has 1 rings (SSSR count). The van der Waals surface area contributed by atoms with Gasteiger partial charge >= 0.3 is 0 Å². The number of hydrogen-bond acceptors (Lipinski definition) is 4. The number of carbonyl (C=O) groups is 1. The minimum Gasteiger partial charge on any atom is -0.369 e. The Balaban J connectivity index is 2.35. The number of nitrogens with one attached hydrogen (secondary N) is 1. The molecule has 1 aromatic heterocycles. The summed E-state index contributed by atoms with van der Waals surface area (Å²) in [6.45, 7) is 3.80. The molecule has 0 unspecified atom stereocenters. The molecule has 14 heavy (non-hydrogen) atoms. The zero-order chi connectivity index (χ0) is 10.4. The molecular formula is C9H13N3O2. The van der Waals surface area contributed by atoms with Gasteiger partial charge in [0.15, 0.2) is 0 Å². The van der Waals surface area contributed by atoms with Gasteiger partial charge in [0.25, 0.3) is 0 Å². The number of hydrogen-bond donors (Lipinski definition) is 1. The monoisotopic (exact) mass is 195 g/mol. The van der Waals surface area contributed by atoms with Crippen molar-refractivity contribution < 1.29 is 9.53 Å². The molecule has 0 saturated heterocycles. The summed E-state index contributed by atoms with van der Waals surface area (Å²) in [5.41, 5.74) is 0.574. The van der Waals surface area contributed by atoms with E-state index >= 15 is 0 Å². The molecule has 1 amide bonds. The van der Waals surface area contributed by atoms with Gasteiger partial charge in [-0.2, -0.15) is 0 Å². The maximum atomic E-state index is 11.2. The molecule has 0 aliphatic heterocycles. The lowest BCUT2D eigenvalue weighted by Gasteiger charge is -2.07. The van der Waals surface area contributed by atoms with Gasteiger partial charge in [-0.15, -0.1) is 0 Å². The van der Waals surface area contributed by atoms with Crippen LogP contribution in [0, 0.1) is 0 Å². The van der Waals surface area contributed by atoms with Gasteiger partial charge in [0, 0.05) is 0 Å². The van der Waals surface area contributed by atoms with E-state index in [1.54, 1.807) is 0 Å². The predicted molar refractivity (Wildman–Crippen MR) is 51.7 cm³/mol. The van der Waals surface area contributed by atoms with Crippen molar-refractivity contribution in [2.75, 3.05) is 11.9 Å². The summed E-state index contributed by atoms with van der Waals surface area (Å²) < 4.78 is 5.12. The summed E-state index contributed by atoms with van der Waals surface area (Å²) in [5.74, 6) is -0.200. The van der Waals surface area contributed by atoms with Crippen LogP contribution in [0.1, 0.15) is 13.8 Å². The molecule has 0 aromatic carbocycles. The standard InChI is InChI=1S/C9H13N3O2/c1-7(2)14-5-9(13)12-8-3-10-6-11-4-8/h3-4,6-7H,5H2,1-2H3,(H,12,13). The van der Waals surface area contributed by atoms with Gasteiger partial charge in [0.2, 0.25) is 5.91 Å². The van der Waals surface area contributed by atoms with E-state index in [9.17, 15) is 4.79 Å². The fraction of sp³-hybridized carbons (Fsp3) is 0.444. The number of aromatic nitrogens is 2.